The van der Waals surface area contributed by atoms with Gasteiger partial charge in [-0.3, -0.25) is 4.79 Å². The summed E-state index contributed by atoms with van der Waals surface area (Å²) in [5.74, 6) is 0.138. The highest BCUT2D eigenvalue weighted by molar-refractivity contribution is 7.09. The molecule has 1 N–H and O–H groups in total. The second kappa shape index (κ2) is 8.71. The summed E-state index contributed by atoms with van der Waals surface area (Å²) in [5.41, 5.74) is 1.23. The van der Waals surface area contributed by atoms with Crippen LogP contribution in [0.25, 0.3) is 0 Å². The van der Waals surface area contributed by atoms with Crippen LogP contribution in [-0.4, -0.2) is 31.4 Å². The molecule has 1 aromatic heterocycles. The van der Waals surface area contributed by atoms with Crippen molar-refractivity contribution in [3.8, 4) is 0 Å². The van der Waals surface area contributed by atoms with E-state index < -0.39 is 0 Å². The van der Waals surface area contributed by atoms with Gasteiger partial charge in [-0.15, -0.1) is 11.3 Å². The number of nitrogens with zero attached hydrogens (tertiary/aromatic N) is 1. The zero-order valence-corrected chi connectivity index (χ0v) is 14.1. The Balaban J connectivity index is 1.76. The van der Waals surface area contributed by atoms with E-state index in [-0.39, 0.29) is 11.9 Å². The van der Waals surface area contributed by atoms with E-state index in [1.807, 2.05) is 32.3 Å². The van der Waals surface area contributed by atoms with E-state index in [9.17, 15) is 4.79 Å². The summed E-state index contributed by atoms with van der Waals surface area (Å²) in [6.45, 7) is 0.648. The molecule has 118 valence electrons. The lowest BCUT2D eigenvalue weighted by Crippen LogP contribution is -2.34. The lowest BCUT2D eigenvalue weighted by Gasteiger charge is -2.25. The molecule has 4 heteroatoms. The largest absolute Gasteiger partial charge is 0.354 e. The van der Waals surface area contributed by atoms with Crippen LogP contribution >= 0.6 is 11.3 Å². The molecule has 2 rings (SSSR count). The Morgan fingerprint density at radius 1 is 1.18 bits per heavy atom. The van der Waals surface area contributed by atoms with Gasteiger partial charge in [-0.05, 0) is 43.9 Å². The molecular formula is C18H24N2OS. The minimum Gasteiger partial charge on any atom is -0.354 e. The third kappa shape index (κ3) is 5.28. The van der Waals surface area contributed by atoms with Gasteiger partial charge in [0.2, 0.25) is 5.91 Å². The minimum atomic E-state index is 0.138. The van der Waals surface area contributed by atoms with Gasteiger partial charge in [-0.25, -0.2) is 0 Å². The third-order valence-electron chi connectivity index (χ3n) is 3.71. The average Bonchev–Trinajstić information content (AvgIpc) is 3.01. The highest BCUT2D eigenvalue weighted by atomic mass is 32.1. The summed E-state index contributed by atoms with van der Waals surface area (Å²) in [6, 6.07) is 14.7. The van der Waals surface area contributed by atoms with Gasteiger partial charge in [0.15, 0.2) is 0 Å². The van der Waals surface area contributed by atoms with Crippen LogP contribution in [0.3, 0.4) is 0 Å². The van der Waals surface area contributed by atoms with E-state index in [4.69, 9.17) is 0 Å². The Morgan fingerprint density at radius 3 is 2.59 bits per heavy atom. The Hall–Kier alpha value is -1.65. The van der Waals surface area contributed by atoms with Crippen molar-refractivity contribution < 1.29 is 4.79 Å². The zero-order chi connectivity index (χ0) is 15.8. The first-order valence-electron chi connectivity index (χ1n) is 7.67. The minimum absolute atomic E-state index is 0.138. The van der Waals surface area contributed by atoms with Crippen molar-refractivity contribution in [2.75, 3.05) is 20.6 Å². The lowest BCUT2D eigenvalue weighted by molar-refractivity contribution is -0.121. The number of nitrogens with one attached hydrogen (secondary N) is 1. The smallest absolute Gasteiger partial charge is 0.220 e. The molecule has 0 bridgehead atoms. The molecule has 0 saturated heterocycles. The van der Waals surface area contributed by atoms with Crippen molar-refractivity contribution in [1.82, 2.24) is 10.2 Å². The average molecular weight is 316 g/mol. The predicted molar refractivity (Wildman–Crippen MR) is 93.1 cm³/mol. The van der Waals surface area contributed by atoms with Gasteiger partial charge in [-0.1, -0.05) is 36.4 Å². The van der Waals surface area contributed by atoms with Crippen molar-refractivity contribution in [2.24, 2.45) is 0 Å². The van der Waals surface area contributed by atoms with Crippen molar-refractivity contribution in [3.05, 3.63) is 58.3 Å². The number of likely N-dealkylation sites (N-methyl/N-ethyl adjacent to an activating group) is 1. The molecule has 0 unspecified atom stereocenters. The molecular weight excluding hydrogens is 292 g/mol. The number of hydrogen-bond acceptors (Lipinski definition) is 3. The maximum atomic E-state index is 12.0. The summed E-state index contributed by atoms with van der Waals surface area (Å²) in [6.07, 6.45) is 2.48. The van der Waals surface area contributed by atoms with E-state index in [1.54, 1.807) is 11.3 Å². The normalized spacial score (nSPS) is 12.3. The molecule has 0 spiro atoms. The van der Waals surface area contributed by atoms with Gasteiger partial charge in [0.1, 0.15) is 0 Å². The van der Waals surface area contributed by atoms with Gasteiger partial charge in [0.05, 0.1) is 6.04 Å². The molecule has 0 aliphatic heterocycles. The number of hydrogen-bond donors (Lipinski definition) is 1. The van der Waals surface area contributed by atoms with Crippen molar-refractivity contribution in [1.29, 1.82) is 0 Å². The van der Waals surface area contributed by atoms with Crippen LogP contribution < -0.4 is 5.32 Å². The number of benzene rings is 1. The van der Waals surface area contributed by atoms with E-state index in [1.165, 1.54) is 10.4 Å². The molecule has 1 aromatic carbocycles. The summed E-state index contributed by atoms with van der Waals surface area (Å²) < 4.78 is 0. The first-order valence-corrected chi connectivity index (χ1v) is 8.55. The quantitative estimate of drug-likeness (QED) is 0.808. The zero-order valence-electron chi connectivity index (χ0n) is 13.3. The molecule has 2 aromatic rings. The SMILES string of the molecule is CN(C)[C@@H](CNC(=O)CCCc1cccs1)c1ccccc1. The molecule has 0 aliphatic rings. The lowest BCUT2D eigenvalue weighted by atomic mass is 10.1. The number of rotatable bonds is 8. The monoisotopic (exact) mass is 316 g/mol. The molecule has 0 saturated carbocycles. The molecule has 1 amide bonds. The van der Waals surface area contributed by atoms with Crippen LogP contribution in [0.5, 0.6) is 0 Å². The number of thiophene rings is 1. The Kier molecular flexibility index (Phi) is 6.62. The van der Waals surface area contributed by atoms with Gasteiger partial charge < -0.3 is 10.2 Å². The Bertz CT molecular complexity index is 552. The van der Waals surface area contributed by atoms with E-state index in [2.05, 4.69) is 39.9 Å². The van der Waals surface area contributed by atoms with E-state index in [0.29, 0.717) is 13.0 Å². The number of carbonyl (C=O) groups excluding carboxylic acids is 1. The van der Waals surface area contributed by atoms with Crippen LogP contribution in [0.15, 0.2) is 47.8 Å². The van der Waals surface area contributed by atoms with Crippen LogP contribution in [0.1, 0.15) is 29.3 Å². The maximum Gasteiger partial charge on any atom is 0.220 e. The molecule has 3 nitrogen and oxygen atoms in total. The first kappa shape index (κ1) is 16.7. The van der Waals surface area contributed by atoms with Crippen molar-refractivity contribution >= 4 is 17.2 Å². The second-order valence-corrected chi connectivity index (χ2v) is 6.66. The summed E-state index contributed by atoms with van der Waals surface area (Å²) in [5, 5.41) is 5.15. The fourth-order valence-electron chi connectivity index (χ4n) is 2.45. The molecule has 22 heavy (non-hydrogen) atoms. The topological polar surface area (TPSA) is 32.3 Å². The fraction of sp³-hybridized carbons (Fsp3) is 0.389. The standard InChI is InChI=1S/C18H24N2OS/c1-20(2)17(15-8-4-3-5-9-15)14-19-18(21)12-6-10-16-11-7-13-22-16/h3-5,7-9,11,13,17H,6,10,12,14H2,1-2H3,(H,19,21)/t17-/m0/s1. The van der Waals surface area contributed by atoms with E-state index >= 15 is 0 Å². The van der Waals surface area contributed by atoms with Crippen molar-refractivity contribution in [3.63, 3.8) is 0 Å². The summed E-state index contributed by atoms with van der Waals surface area (Å²) in [4.78, 5) is 15.5. The third-order valence-corrected chi connectivity index (χ3v) is 4.64. The van der Waals surface area contributed by atoms with Crippen LogP contribution in [0.2, 0.25) is 0 Å². The first-order chi connectivity index (χ1) is 10.7. The van der Waals surface area contributed by atoms with Crippen LogP contribution in [0.4, 0.5) is 0 Å². The van der Waals surface area contributed by atoms with Crippen LogP contribution in [0, 0.1) is 0 Å². The summed E-state index contributed by atoms with van der Waals surface area (Å²) in [7, 11) is 4.08. The Morgan fingerprint density at radius 2 is 1.95 bits per heavy atom. The highest BCUT2D eigenvalue weighted by Crippen LogP contribution is 2.17. The van der Waals surface area contributed by atoms with Gasteiger partial charge in [0.25, 0.3) is 0 Å². The maximum absolute atomic E-state index is 12.0. The summed E-state index contributed by atoms with van der Waals surface area (Å²) >= 11 is 1.76. The molecule has 1 atom stereocenters. The molecule has 1 heterocycles. The fourth-order valence-corrected chi connectivity index (χ4v) is 3.20. The van der Waals surface area contributed by atoms with E-state index in [0.717, 1.165) is 12.8 Å². The number of aryl methyl sites for hydroxylation is 1. The van der Waals surface area contributed by atoms with Gasteiger partial charge in [0, 0.05) is 17.8 Å². The van der Waals surface area contributed by atoms with Crippen LogP contribution in [-0.2, 0) is 11.2 Å². The second-order valence-electron chi connectivity index (χ2n) is 5.63. The van der Waals surface area contributed by atoms with Gasteiger partial charge >= 0.3 is 0 Å². The number of amides is 1. The highest BCUT2D eigenvalue weighted by Gasteiger charge is 2.14. The molecule has 0 aliphatic carbocycles. The predicted octanol–water partition coefficient (Wildman–Crippen LogP) is 3.49. The molecule has 0 radical (unpaired) electrons. The molecule has 0 fully saturated rings. The van der Waals surface area contributed by atoms with Crippen molar-refractivity contribution in [2.45, 2.75) is 25.3 Å². The van der Waals surface area contributed by atoms with Gasteiger partial charge in [-0.2, -0.15) is 0 Å². The Labute approximate surface area is 137 Å². The number of carbonyl (C=O) groups is 1.